The minimum Gasteiger partial charge on any atom is -0.349 e. The summed E-state index contributed by atoms with van der Waals surface area (Å²) in [5, 5.41) is 0.486. The summed E-state index contributed by atoms with van der Waals surface area (Å²) < 4.78 is 38.8. The summed E-state index contributed by atoms with van der Waals surface area (Å²) >= 11 is 5.87. The van der Waals surface area contributed by atoms with E-state index in [1.165, 1.54) is 11.0 Å². The van der Waals surface area contributed by atoms with E-state index in [1.54, 1.807) is 38.4 Å². The molecule has 31 heavy (non-hydrogen) atoms. The summed E-state index contributed by atoms with van der Waals surface area (Å²) in [6.07, 6.45) is -5.85. The highest BCUT2D eigenvalue weighted by Crippen LogP contribution is 2.23. The van der Waals surface area contributed by atoms with Gasteiger partial charge in [-0.1, -0.05) is 23.7 Å². The van der Waals surface area contributed by atoms with Gasteiger partial charge in [0.25, 0.3) is 5.56 Å². The first kappa shape index (κ1) is 24.6. The van der Waals surface area contributed by atoms with Crippen molar-refractivity contribution in [2.45, 2.75) is 44.8 Å². The molecule has 0 unspecified atom stereocenters. The number of aromatic nitrogens is 2. The maximum Gasteiger partial charge on any atom is 0.389 e. The standard InChI is InChI=1S/C21H23ClF3N3O3/c1-27(2)19(30)10-9-16(29)13-28-18(4-3-11-21(23,24)25)26-17(12-20(28)31)14-5-7-15(22)8-6-14/h5-8,12H,3-4,9-11,13H2,1-2H3. The minimum absolute atomic E-state index is 0.0136. The summed E-state index contributed by atoms with van der Waals surface area (Å²) in [5.74, 6) is -0.522. The molecule has 0 bridgehead atoms. The highest BCUT2D eigenvalue weighted by atomic mass is 35.5. The molecular weight excluding hydrogens is 435 g/mol. The third kappa shape index (κ3) is 7.82. The second-order valence-corrected chi connectivity index (χ2v) is 7.72. The van der Waals surface area contributed by atoms with Crippen molar-refractivity contribution in [2.75, 3.05) is 14.1 Å². The Kier molecular flexibility index (Phi) is 8.38. The van der Waals surface area contributed by atoms with Crippen molar-refractivity contribution in [1.82, 2.24) is 14.5 Å². The highest BCUT2D eigenvalue weighted by Gasteiger charge is 2.26. The van der Waals surface area contributed by atoms with Gasteiger partial charge in [-0.15, -0.1) is 0 Å². The smallest absolute Gasteiger partial charge is 0.349 e. The van der Waals surface area contributed by atoms with E-state index < -0.39 is 18.2 Å². The molecule has 10 heteroatoms. The number of hydrogen-bond donors (Lipinski definition) is 0. The number of benzene rings is 1. The normalized spacial score (nSPS) is 11.4. The fraction of sp³-hybridized carbons (Fsp3) is 0.429. The molecule has 1 heterocycles. The number of nitrogens with zero attached hydrogens (tertiary/aromatic N) is 3. The Balaban J connectivity index is 2.29. The number of carbonyl (C=O) groups is 2. The fourth-order valence-corrected chi connectivity index (χ4v) is 2.98. The number of amides is 1. The van der Waals surface area contributed by atoms with Crippen LogP contribution < -0.4 is 5.56 Å². The molecule has 0 saturated heterocycles. The molecule has 0 atom stereocenters. The molecule has 1 amide bonds. The number of halogens is 4. The quantitative estimate of drug-likeness (QED) is 0.572. The molecule has 2 aromatic rings. The number of carbonyl (C=O) groups excluding carboxylic acids is 2. The Morgan fingerprint density at radius 3 is 2.35 bits per heavy atom. The van der Waals surface area contributed by atoms with Gasteiger partial charge in [0.1, 0.15) is 5.82 Å². The van der Waals surface area contributed by atoms with E-state index in [-0.39, 0.29) is 55.4 Å². The van der Waals surface area contributed by atoms with Crippen molar-refractivity contribution < 1.29 is 22.8 Å². The molecule has 168 valence electrons. The van der Waals surface area contributed by atoms with Crippen molar-refractivity contribution in [1.29, 1.82) is 0 Å². The third-order valence-corrected chi connectivity index (χ3v) is 4.79. The van der Waals surface area contributed by atoms with Crippen LogP contribution in [-0.2, 0) is 22.6 Å². The molecule has 0 aliphatic rings. The van der Waals surface area contributed by atoms with Crippen LogP contribution in [0.4, 0.5) is 13.2 Å². The van der Waals surface area contributed by atoms with Crippen LogP contribution in [0.2, 0.25) is 5.02 Å². The first-order valence-corrected chi connectivity index (χ1v) is 9.99. The van der Waals surface area contributed by atoms with Gasteiger partial charge in [0.2, 0.25) is 5.91 Å². The van der Waals surface area contributed by atoms with E-state index >= 15 is 0 Å². The van der Waals surface area contributed by atoms with Crippen molar-refractivity contribution in [3.8, 4) is 11.3 Å². The zero-order chi connectivity index (χ0) is 23.2. The molecule has 1 aromatic heterocycles. The van der Waals surface area contributed by atoms with Crippen molar-refractivity contribution >= 4 is 23.3 Å². The summed E-state index contributed by atoms with van der Waals surface area (Å²) in [6.45, 7) is -0.352. The van der Waals surface area contributed by atoms with Gasteiger partial charge in [-0.25, -0.2) is 4.98 Å². The molecule has 2 rings (SSSR count). The van der Waals surface area contributed by atoms with Crippen LogP contribution in [0.25, 0.3) is 11.3 Å². The lowest BCUT2D eigenvalue weighted by molar-refractivity contribution is -0.135. The van der Waals surface area contributed by atoms with E-state index in [9.17, 15) is 27.6 Å². The Morgan fingerprint density at radius 1 is 1.13 bits per heavy atom. The van der Waals surface area contributed by atoms with Crippen LogP contribution in [0.1, 0.15) is 31.5 Å². The average molecular weight is 458 g/mol. The van der Waals surface area contributed by atoms with Crippen LogP contribution in [0.3, 0.4) is 0 Å². The fourth-order valence-electron chi connectivity index (χ4n) is 2.85. The lowest BCUT2D eigenvalue weighted by Gasteiger charge is -2.14. The number of hydrogen-bond acceptors (Lipinski definition) is 4. The van der Waals surface area contributed by atoms with Crippen molar-refractivity contribution in [2.24, 2.45) is 0 Å². The molecule has 0 spiro atoms. The molecule has 0 aliphatic carbocycles. The molecule has 0 fully saturated rings. The summed E-state index contributed by atoms with van der Waals surface area (Å²) in [6, 6.07) is 7.74. The number of aryl methyl sites for hydroxylation is 1. The SMILES string of the molecule is CN(C)C(=O)CCC(=O)Cn1c(CCCC(F)(F)F)nc(-c2ccc(Cl)cc2)cc1=O. The minimum atomic E-state index is -4.33. The van der Waals surface area contributed by atoms with E-state index in [1.807, 2.05) is 0 Å². The topological polar surface area (TPSA) is 72.3 Å². The van der Waals surface area contributed by atoms with Gasteiger partial charge in [-0.05, 0) is 18.6 Å². The Bertz CT molecular complexity index is 986. The number of alkyl halides is 3. The van der Waals surface area contributed by atoms with Gasteiger partial charge < -0.3 is 4.90 Å². The molecule has 6 nitrogen and oxygen atoms in total. The van der Waals surface area contributed by atoms with E-state index in [0.717, 1.165) is 4.57 Å². The Morgan fingerprint density at radius 2 is 1.77 bits per heavy atom. The van der Waals surface area contributed by atoms with Crippen LogP contribution in [0, 0.1) is 0 Å². The van der Waals surface area contributed by atoms with Crippen LogP contribution in [0.15, 0.2) is 35.1 Å². The second kappa shape index (κ2) is 10.6. The summed E-state index contributed by atoms with van der Waals surface area (Å²) in [5.41, 5.74) is 0.318. The first-order chi connectivity index (χ1) is 14.5. The van der Waals surface area contributed by atoms with Gasteiger partial charge in [0.05, 0.1) is 12.2 Å². The van der Waals surface area contributed by atoms with E-state index in [2.05, 4.69) is 4.98 Å². The van der Waals surface area contributed by atoms with Gasteiger partial charge in [-0.3, -0.25) is 19.0 Å². The van der Waals surface area contributed by atoms with Gasteiger partial charge >= 0.3 is 6.18 Å². The van der Waals surface area contributed by atoms with Crippen molar-refractivity contribution in [3.05, 3.63) is 51.5 Å². The largest absolute Gasteiger partial charge is 0.389 e. The monoisotopic (exact) mass is 457 g/mol. The molecular formula is C21H23ClF3N3O3. The van der Waals surface area contributed by atoms with Gasteiger partial charge in [0, 0.05) is 56.4 Å². The van der Waals surface area contributed by atoms with Crippen LogP contribution >= 0.6 is 11.6 Å². The number of ketones is 1. The van der Waals surface area contributed by atoms with Gasteiger partial charge in [-0.2, -0.15) is 13.2 Å². The summed E-state index contributed by atoms with van der Waals surface area (Å²) in [7, 11) is 3.13. The Labute approximate surface area is 182 Å². The molecule has 0 saturated carbocycles. The van der Waals surface area contributed by atoms with E-state index in [4.69, 9.17) is 11.6 Å². The zero-order valence-corrected chi connectivity index (χ0v) is 18.0. The van der Waals surface area contributed by atoms with Crippen molar-refractivity contribution in [3.63, 3.8) is 0 Å². The zero-order valence-electron chi connectivity index (χ0n) is 17.2. The molecule has 1 aromatic carbocycles. The number of rotatable bonds is 9. The van der Waals surface area contributed by atoms with E-state index in [0.29, 0.717) is 10.6 Å². The molecule has 0 radical (unpaired) electrons. The first-order valence-electron chi connectivity index (χ1n) is 9.61. The predicted molar refractivity (Wildman–Crippen MR) is 111 cm³/mol. The average Bonchev–Trinajstić information content (AvgIpc) is 2.67. The molecule has 0 N–H and O–H groups in total. The molecule has 0 aliphatic heterocycles. The van der Waals surface area contributed by atoms with Crippen LogP contribution in [-0.4, -0.2) is 46.4 Å². The Hall–Kier alpha value is -2.68. The predicted octanol–water partition coefficient (Wildman–Crippen LogP) is 3.89. The maximum atomic E-state index is 12.7. The lowest BCUT2D eigenvalue weighted by Crippen LogP contribution is -2.29. The highest BCUT2D eigenvalue weighted by molar-refractivity contribution is 6.30. The van der Waals surface area contributed by atoms with Gasteiger partial charge in [0.15, 0.2) is 5.78 Å². The lowest BCUT2D eigenvalue weighted by atomic mass is 10.1. The van der Waals surface area contributed by atoms with Crippen LogP contribution in [0.5, 0.6) is 0 Å². The summed E-state index contributed by atoms with van der Waals surface area (Å²) in [4.78, 5) is 42.4. The number of Topliss-reactive ketones (excluding diaryl/α,β-unsaturated/α-hetero) is 1. The second-order valence-electron chi connectivity index (χ2n) is 7.28. The third-order valence-electron chi connectivity index (χ3n) is 4.54. The maximum absolute atomic E-state index is 12.7.